The monoisotopic (exact) mass is 174 g/mol. The van der Waals surface area contributed by atoms with Crippen molar-refractivity contribution in [2.75, 3.05) is 7.11 Å². The number of methoxy groups -OCH3 is 1. The van der Waals surface area contributed by atoms with Gasteiger partial charge in [-0.1, -0.05) is 31.2 Å². The van der Waals surface area contributed by atoms with Crippen LogP contribution in [0.2, 0.25) is 0 Å². The van der Waals surface area contributed by atoms with Crippen LogP contribution in [0.1, 0.15) is 18.9 Å². The second-order valence-corrected chi connectivity index (χ2v) is 3.76. The SMILES string of the molecule is COc1cccc(C2(C)C=CC2)c1. The van der Waals surface area contributed by atoms with Gasteiger partial charge in [-0.2, -0.15) is 0 Å². The van der Waals surface area contributed by atoms with Crippen LogP contribution in [0.5, 0.6) is 5.75 Å². The summed E-state index contributed by atoms with van der Waals surface area (Å²) in [5.74, 6) is 0.944. The van der Waals surface area contributed by atoms with Crippen molar-refractivity contribution in [1.29, 1.82) is 0 Å². The van der Waals surface area contributed by atoms with E-state index in [0.29, 0.717) is 0 Å². The molecular weight excluding hydrogens is 160 g/mol. The molecule has 1 aromatic carbocycles. The van der Waals surface area contributed by atoms with Gasteiger partial charge in [-0.3, -0.25) is 0 Å². The smallest absolute Gasteiger partial charge is 0.119 e. The fourth-order valence-electron chi connectivity index (χ4n) is 1.66. The summed E-state index contributed by atoms with van der Waals surface area (Å²) in [7, 11) is 1.71. The molecule has 0 spiro atoms. The Kier molecular flexibility index (Phi) is 1.87. The van der Waals surface area contributed by atoms with E-state index in [1.54, 1.807) is 7.11 Å². The zero-order chi connectivity index (χ0) is 9.31. The summed E-state index contributed by atoms with van der Waals surface area (Å²) in [6, 6.07) is 8.30. The molecule has 0 bridgehead atoms. The highest BCUT2D eigenvalue weighted by atomic mass is 16.5. The first-order chi connectivity index (χ1) is 6.24. The Bertz CT molecular complexity index is 341. The Morgan fingerprint density at radius 2 is 2.15 bits per heavy atom. The minimum atomic E-state index is 0.245. The van der Waals surface area contributed by atoms with Crippen LogP contribution in [0, 0.1) is 0 Å². The minimum Gasteiger partial charge on any atom is -0.497 e. The van der Waals surface area contributed by atoms with E-state index in [1.807, 2.05) is 12.1 Å². The lowest BCUT2D eigenvalue weighted by Gasteiger charge is -2.32. The molecule has 0 aromatic heterocycles. The van der Waals surface area contributed by atoms with Crippen LogP contribution >= 0.6 is 0 Å². The van der Waals surface area contributed by atoms with Crippen molar-refractivity contribution in [1.82, 2.24) is 0 Å². The van der Waals surface area contributed by atoms with Crippen molar-refractivity contribution >= 4 is 0 Å². The van der Waals surface area contributed by atoms with E-state index in [9.17, 15) is 0 Å². The third kappa shape index (κ3) is 1.35. The molecule has 1 atom stereocenters. The van der Waals surface area contributed by atoms with Crippen molar-refractivity contribution in [2.24, 2.45) is 0 Å². The summed E-state index contributed by atoms with van der Waals surface area (Å²) < 4.78 is 5.19. The highest BCUT2D eigenvalue weighted by Crippen LogP contribution is 2.37. The summed E-state index contributed by atoms with van der Waals surface area (Å²) >= 11 is 0. The van der Waals surface area contributed by atoms with E-state index < -0.39 is 0 Å². The molecule has 0 saturated carbocycles. The molecule has 1 nitrogen and oxygen atoms in total. The predicted molar refractivity (Wildman–Crippen MR) is 54.1 cm³/mol. The van der Waals surface area contributed by atoms with Crippen molar-refractivity contribution < 1.29 is 4.74 Å². The predicted octanol–water partition coefficient (Wildman–Crippen LogP) is 2.91. The van der Waals surface area contributed by atoms with Crippen LogP contribution in [-0.4, -0.2) is 7.11 Å². The third-order valence-electron chi connectivity index (χ3n) is 2.76. The molecule has 0 amide bonds. The minimum absolute atomic E-state index is 0.245. The molecule has 1 heteroatoms. The number of hydrogen-bond donors (Lipinski definition) is 0. The van der Waals surface area contributed by atoms with Crippen LogP contribution in [0.4, 0.5) is 0 Å². The molecule has 0 radical (unpaired) electrons. The first kappa shape index (κ1) is 8.36. The third-order valence-corrected chi connectivity index (χ3v) is 2.76. The maximum atomic E-state index is 5.19. The van der Waals surface area contributed by atoms with Gasteiger partial charge in [0.25, 0.3) is 0 Å². The molecule has 0 heterocycles. The lowest BCUT2D eigenvalue weighted by atomic mass is 9.73. The maximum Gasteiger partial charge on any atom is 0.119 e. The van der Waals surface area contributed by atoms with Gasteiger partial charge in [-0.15, -0.1) is 0 Å². The summed E-state index contributed by atoms with van der Waals surface area (Å²) in [6.45, 7) is 2.25. The topological polar surface area (TPSA) is 9.23 Å². The van der Waals surface area contributed by atoms with Crippen LogP contribution in [-0.2, 0) is 5.41 Å². The van der Waals surface area contributed by atoms with Crippen molar-refractivity contribution in [3.8, 4) is 5.75 Å². The van der Waals surface area contributed by atoms with Crippen molar-refractivity contribution in [3.05, 3.63) is 42.0 Å². The zero-order valence-corrected chi connectivity index (χ0v) is 8.08. The van der Waals surface area contributed by atoms with E-state index in [2.05, 4.69) is 31.2 Å². The average Bonchev–Trinajstić information content (AvgIpc) is 2.14. The molecule has 1 aliphatic rings. The van der Waals surface area contributed by atoms with E-state index in [0.717, 1.165) is 12.2 Å². The number of allylic oxidation sites excluding steroid dienone is 2. The van der Waals surface area contributed by atoms with Gasteiger partial charge in [0, 0.05) is 5.41 Å². The van der Waals surface area contributed by atoms with Gasteiger partial charge in [0.2, 0.25) is 0 Å². The first-order valence-electron chi connectivity index (χ1n) is 4.57. The molecule has 0 saturated heterocycles. The van der Waals surface area contributed by atoms with Crippen LogP contribution < -0.4 is 4.74 Å². The van der Waals surface area contributed by atoms with Gasteiger partial charge in [-0.05, 0) is 24.1 Å². The van der Waals surface area contributed by atoms with Crippen LogP contribution in [0.3, 0.4) is 0 Å². The first-order valence-corrected chi connectivity index (χ1v) is 4.57. The lowest BCUT2D eigenvalue weighted by molar-refractivity contribution is 0.412. The Morgan fingerprint density at radius 1 is 1.38 bits per heavy atom. The molecule has 0 fully saturated rings. The molecule has 13 heavy (non-hydrogen) atoms. The average molecular weight is 174 g/mol. The maximum absolute atomic E-state index is 5.19. The normalized spacial score (nSPS) is 25.4. The number of hydrogen-bond acceptors (Lipinski definition) is 1. The Balaban J connectivity index is 2.35. The molecular formula is C12H14O. The molecule has 1 unspecified atom stereocenters. The van der Waals surface area contributed by atoms with E-state index >= 15 is 0 Å². The summed E-state index contributed by atoms with van der Waals surface area (Å²) in [4.78, 5) is 0. The molecule has 2 rings (SSSR count). The Hall–Kier alpha value is -1.24. The summed E-state index contributed by atoms with van der Waals surface area (Å²) in [6.07, 6.45) is 5.60. The van der Waals surface area contributed by atoms with Gasteiger partial charge in [0.05, 0.1) is 7.11 Å². The number of benzene rings is 1. The van der Waals surface area contributed by atoms with Gasteiger partial charge in [0.15, 0.2) is 0 Å². The zero-order valence-electron chi connectivity index (χ0n) is 8.08. The number of rotatable bonds is 2. The van der Waals surface area contributed by atoms with Crippen LogP contribution in [0.15, 0.2) is 36.4 Å². The van der Waals surface area contributed by atoms with Crippen LogP contribution in [0.25, 0.3) is 0 Å². The highest BCUT2D eigenvalue weighted by molar-refractivity contribution is 5.40. The molecule has 68 valence electrons. The van der Waals surface area contributed by atoms with Gasteiger partial charge < -0.3 is 4.74 Å². The van der Waals surface area contributed by atoms with E-state index in [4.69, 9.17) is 4.74 Å². The second-order valence-electron chi connectivity index (χ2n) is 3.76. The molecule has 0 N–H and O–H groups in total. The molecule has 0 aliphatic heterocycles. The largest absolute Gasteiger partial charge is 0.497 e. The Labute approximate surface area is 79.0 Å². The van der Waals surface area contributed by atoms with Gasteiger partial charge in [0.1, 0.15) is 5.75 Å². The molecule has 1 aliphatic carbocycles. The highest BCUT2D eigenvalue weighted by Gasteiger charge is 2.27. The number of ether oxygens (including phenoxy) is 1. The lowest BCUT2D eigenvalue weighted by Crippen LogP contribution is -2.23. The summed E-state index contributed by atoms with van der Waals surface area (Å²) in [5.41, 5.74) is 1.59. The molecule has 1 aromatic rings. The van der Waals surface area contributed by atoms with E-state index in [-0.39, 0.29) is 5.41 Å². The standard InChI is InChI=1S/C12H14O/c1-12(7-4-8-12)10-5-3-6-11(9-10)13-2/h3-7,9H,8H2,1-2H3. The summed E-state index contributed by atoms with van der Waals surface area (Å²) in [5, 5.41) is 0. The van der Waals surface area contributed by atoms with Gasteiger partial charge in [-0.25, -0.2) is 0 Å². The van der Waals surface area contributed by atoms with Gasteiger partial charge >= 0.3 is 0 Å². The fourth-order valence-corrected chi connectivity index (χ4v) is 1.66. The Morgan fingerprint density at radius 3 is 2.69 bits per heavy atom. The van der Waals surface area contributed by atoms with Crippen molar-refractivity contribution in [3.63, 3.8) is 0 Å². The second kappa shape index (κ2) is 2.91. The quantitative estimate of drug-likeness (QED) is 0.626. The van der Waals surface area contributed by atoms with E-state index in [1.165, 1.54) is 5.56 Å². The fraction of sp³-hybridized carbons (Fsp3) is 0.333. The van der Waals surface area contributed by atoms with Crippen molar-refractivity contribution in [2.45, 2.75) is 18.8 Å².